The number of ketones is 1. The Morgan fingerprint density at radius 1 is 1.50 bits per heavy atom. The van der Waals surface area contributed by atoms with Crippen molar-refractivity contribution >= 4 is 5.78 Å². The Bertz CT molecular complexity index is 148. The maximum atomic E-state index is 11.0. The van der Waals surface area contributed by atoms with Gasteiger partial charge in [0.2, 0.25) is 0 Å². The largest absolute Gasteiger partial charge is 0.381 e. The molecule has 1 fully saturated rings. The molecule has 1 aliphatic heterocycles. The predicted octanol–water partition coefficient (Wildman–Crippen LogP) is 2.03. The van der Waals surface area contributed by atoms with Crippen molar-refractivity contribution in [3.05, 3.63) is 0 Å². The van der Waals surface area contributed by atoms with Crippen LogP contribution in [0, 0.1) is 11.8 Å². The highest BCUT2D eigenvalue weighted by molar-refractivity contribution is 5.77. The molecule has 1 aliphatic rings. The number of hydrogen-bond acceptors (Lipinski definition) is 2. The van der Waals surface area contributed by atoms with E-state index in [-0.39, 0.29) is 5.92 Å². The van der Waals surface area contributed by atoms with Crippen molar-refractivity contribution < 1.29 is 9.53 Å². The van der Waals surface area contributed by atoms with Crippen LogP contribution in [0.1, 0.15) is 33.1 Å². The number of carbonyl (C=O) groups excluding carboxylic acids is 1. The first-order chi connectivity index (χ1) is 5.70. The summed E-state index contributed by atoms with van der Waals surface area (Å²) < 4.78 is 5.26. The average molecular weight is 170 g/mol. The van der Waals surface area contributed by atoms with E-state index in [1.165, 1.54) is 0 Å². The van der Waals surface area contributed by atoms with E-state index in [9.17, 15) is 4.79 Å². The van der Waals surface area contributed by atoms with Crippen LogP contribution in [0.3, 0.4) is 0 Å². The van der Waals surface area contributed by atoms with Crippen molar-refractivity contribution in [1.29, 1.82) is 0 Å². The standard InChI is InChI=1S/C10H18O2/c1-8(9(2)11)7-10-3-5-12-6-4-10/h8,10H,3-7H2,1-2H3. The van der Waals surface area contributed by atoms with Crippen LogP contribution < -0.4 is 0 Å². The zero-order valence-corrected chi connectivity index (χ0v) is 8.01. The topological polar surface area (TPSA) is 26.3 Å². The van der Waals surface area contributed by atoms with Crippen LogP contribution >= 0.6 is 0 Å². The molecule has 0 aromatic rings. The molecule has 1 unspecified atom stereocenters. The fraction of sp³-hybridized carbons (Fsp3) is 0.900. The van der Waals surface area contributed by atoms with Crippen LogP contribution in [0.25, 0.3) is 0 Å². The van der Waals surface area contributed by atoms with Crippen molar-refractivity contribution in [3.8, 4) is 0 Å². The lowest BCUT2D eigenvalue weighted by Gasteiger charge is -2.23. The van der Waals surface area contributed by atoms with Gasteiger partial charge in [-0.3, -0.25) is 4.79 Å². The maximum Gasteiger partial charge on any atom is 0.132 e. The highest BCUT2D eigenvalue weighted by atomic mass is 16.5. The first-order valence-electron chi connectivity index (χ1n) is 4.78. The second-order valence-corrected chi connectivity index (χ2v) is 3.80. The van der Waals surface area contributed by atoms with Gasteiger partial charge in [0.1, 0.15) is 5.78 Å². The summed E-state index contributed by atoms with van der Waals surface area (Å²) in [6.45, 7) is 5.48. The minimum atomic E-state index is 0.244. The van der Waals surface area contributed by atoms with Gasteiger partial charge < -0.3 is 4.74 Å². The SMILES string of the molecule is CC(=O)C(C)CC1CCOCC1. The quantitative estimate of drug-likeness (QED) is 0.647. The zero-order chi connectivity index (χ0) is 8.97. The molecule has 1 saturated heterocycles. The molecule has 1 rings (SSSR count). The molecule has 70 valence electrons. The summed E-state index contributed by atoms with van der Waals surface area (Å²) in [4.78, 5) is 11.0. The Balaban J connectivity index is 2.24. The molecule has 0 N–H and O–H groups in total. The molecule has 0 radical (unpaired) electrons. The van der Waals surface area contributed by atoms with E-state index in [1.54, 1.807) is 6.92 Å². The average Bonchev–Trinajstić information content (AvgIpc) is 2.06. The zero-order valence-electron chi connectivity index (χ0n) is 8.01. The monoisotopic (exact) mass is 170 g/mol. The van der Waals surface area contributed by atoms with Crippen LogP contribution in [0.15, 0.2) is 0 Å². The molecule has 2 heteroatoms. The summed E-state index contributed by atoms with van der Waals surface area (Å²) in [6, 6.07) is 0. The summed E-state index contributed by atoms with van der Waals surface area (Å²) in [5.74, 6) is 1.28. The van der Waals surface area contributed by atoms with Crippen LogP contribution in [0.5, 0.6) is 0 Å². The number of Topliss-reactive ketones (excluding diaryl/α,β-unsaturated/α-hetero) is 1. The molecule has 12 heavy (non-hydrogen) atoms. The highest BCUT2D eigenvalue weighted by Crippen LogP contribution is 2.22. The summed E-state index contributed by atoms with van der Waals surface area (Å²) >= 11 is 0. The van der Waals surface area contributed by atoms with Crippen molar-refractivity contribution in [3.63, 3.8) is 0 Å². The number of ether oxygens (including phenoxy) is 1. The van der Waals surface area contributed by atoms with Crippen LogP contribution in [-0.2, 0) is 9.53 Å². The predicted molar refractivity (Wildman–Crippen MR) is 48.0 cm³/mol. The van der Waals surface area contributed by atoms with E-state index >= 15 is 0 Å². The molecule has 1 heterocycles. The smallest absolute Gasteiger partial charge is 0.132 e. The molecular formula is C10H18O2. The van der Waals surface area contributed by atoms with Crippen molar-refractivity contribution in [2.75, 3.05) is 13.2 Å². The highest BCUT2D eigenvalue weighted by Gasteiger charge is 2.18. The van der Waals surface area contributed by atoms with Crippen molar-refractivity contribution in [1.82, 2.24) is 0 Å². The Hall–Kier alpha value is -0.370. The minimum absolute atomic E-state index is 0.244. The van der Waals surface area contributed by atoms with E-state index in [4.69, 9.17) is 4.74 Å². The first kappa shape index (κ1) is 9.72. The summed E-state index contributed by atoms with van der Waals surface area (Å²) in [5, 5.41) is 0. The van der Waals surface area contributed by atoms with Gasteiger partial charge in [-0.1, -0.05) is 6.92 Å². The van der Waals surface area contributed by atoms with Crippen LogP contribution in [0.4, 0.5) is 0 Å². The van der Waals surface area contributed by atoms with E-state index in [2.05, 4.69) is 0 Å². The Morgan fingerprint density at radius 2 is 2.08 bits per heavy atom. The van der Waals surface area contributed by atoms with Gasteiger partial charge in [0.05, 0.1) is 0 Å². The van der Waals surface area contributed by atoms with Crippen LogP contribution in [0.2, 0.25) is 0 Å². The molecule has 0 aliphatic carbocycles. The van der Waals surface area contributed by atoms with E-state index in [0.29, 0.717) is 5.78 Å². The third kappa shape index (κ3) is 2.94. The molecule has 1 atom stereocenters. The molecular weight excluding hydrogens is 152 g/mol. The third-order valence-corrected chi connectivity index (χ3v) is 2.72. The molecule has 0 amide bonds. The third-order valence-electron chi connectivity index (χ3n) is 2.72. The van der Waals surface area contributed by atoms with Gasteiger partial charge in [0, 0.05) is 19.1 Å². The summed E-state index contributed by atoms with van der Waals surface area (Å²) in [7, 11) is 0. The second kappa shape index (κ2) is 4.61. The van der Waals surface area contributed by atoms with E-state index in [0.717, 1.165) is 38.4 Å². The Kier molecular flexibility index (Phi) is 3.73. The maximum absolute atomic E-state index is 11.0. The fourth-order valence-electron chi connectivity index (χ4n) is 1.65. The summed E-state index contributed by atoms with van der Waals surface area (Å²) in [5.41, 5.74) is 0. The minimum Gasteiger partial charge on any atom is -0.381 e. The second-order valence-electron chi connectivity index (χ2n) is 3.80. The van der Waals surface area contributed by atoms with Crippen molar-refractivity contribution in [2.45, 2.75) is 33.1 Å². The van der Waals surface area contributed by atoms with Gasteiger partial charge in [0.25, 0.3) is 0 Å². The van der Waals surface area contributed by atoms with Gasteiger partial charge in [0.15, 0.2) is 0 Å². The molecule has 0 spiro atoms. The number of hydrogen-bond donors (Lipinski definition) is 0. The molecule has 0 bridgehead atoms. The number of carbonyl (C=O) groups is 1. The molecule has 0 aromatic heterocycles. The molecule has 2 nitrogen and oxygen atoms in total. The number of rotatable bonds is 3. The lowest BCUT2D eigenvalue weighted by Crippen LogP contribution is -2.20. The lowest BCUT2D eigenvalue weighted by atomic mass is 9.88. The molecule has 0 aromatic carbocycles. The Labute approximate surface area is 74.3 Å². The van der Waals surface area contributed by atoms with Gasteiger partial charge in [-0.15, -0.1) is 0 Å². The fourth-order valence-corrected chi connectivity index (χ4v) is 1.65. The van der Waals surface area contributed by atoms with E-state index < -0.39 is 0 Å². The Morgan fingerprint density at radius 3 is 2.58 bits per heavy atom. The van der Waals surface area contributed by atoms with Gasteiger partial charge in [-0.2, -0.15) is 0 Å². The van der Waals surface area contributed by atoms with Crippen LogP contribution in [-0.4, -0.2) is 19.0 Å². The normalized spacial score (nSPS) is 22.2. The van der Waals surface area contributed by atoms with Gasteiger partial charge >= 0.3 is 0 Å². The first-order valence-corrected chi connectivity index (χ1v) is 4.78. The summed E-state index contributed by atoms with van der Waals surface area (Å²) in [6.07, 6.45) is 3.33. The lowest BCUT2D eigenvalue weighted by molar-refractivity contribution is -0.121. The van der Waals surface area contributed by atoms with E-state index in [1.807, 2.05) is 6.92 Å². The van der Waals surface area contributed by atoms with Gasteiger partial charge in [-0.25, -0.2) is 0 Å². The van der Waals surface area contributed by atoms with Gasteiger partial charge in [-0.05, 0) is 32.1 Å². The molecule has 0 saturated carbocycles. The van der Waals surface area contributed by atoms with Crippen molar-refractivity contribution in [2.24, 2.45) is 11.8 Å².